The normalized spacial score (nSPS) is 12.3. The number of benzene rings is 2. The highest BCUT2D eigenvalue weighted by molar-refractivity contribution is 6.30. The lowest BCUT2D eigenvalue weighted by atomic mass is 9.88. The molecule has 0 amide bonds. The maximum atomic E-state index is 11.9. The molecule has 0 bridgehead atoms. The van der Waals surface area contributed by atoms with Gasteiger partial charge in [0.25, 0.3) is 0 Å². The number of nitrogens with zero attached hydrogens (tertiary/aromatic N) is 4. The summed E-state index contributed by atoms with van der Waals surface area (Å²) in [6.07, 6.45) is 3.20. The summed E-state index contributed by atoms with van der Waals surface area (Å²) in [5.74, 6) is 0.270. The Morgan fingerprint density at radius 3 is 2.36 bits per heavy atom. The van der Waals surface area contributed by atoms with E-state index in [-0.39, 0.29) is 13.0 Å². The van der Waals surface area contributed by atoms with Gasteiger partial charge < -0.3 is 24.4 Å². The molecule has 2 N–H and O–H groups in total. The second kappa shape index (κ2) is 10.6. The Bertz CT molecular complexity index is 1400. The first-order valence-electron chi connectivity index (χ1n) is 11.7. The number of hydrogen-bond acceptors (Lipinski definition) is 6. The lowest BCUT2D eigenvalue weighted by molar-refractivity contribution is -0.136. The zero-order chi connectivity index (χ0) is 26.0. The van der Waals surface area contributed by atoms with E-state index in [1.54, 1.807) is 26.4 Å². The highest BCUT2D eigenvalue weighted by atomic mass is 35.5. The van der Waals surface area contributed by atoms with Crippen LogP contribution in [0, 0.1) is 13.8 Å². The Morgan fingerprint density at radius 1 is 1.14 bits per heavy atom. The van der Waals surface area contributed by atoms with Crippen LogP contribution in [-0.2, 0) is 17.8 Å². The second-order valence-electron chi connectivity index (χ2n) is 8.49. The molecule has 0 atom stereocenters. The van der Waals surface area contributed by atoms with Crippen molar-refractivity contribution in [3.8, 4) is 16.9 Å². The molecule has 0 fully saturated rings. The van der Waals surface area contributed by atoms with E-state index in [9.17, 15) is 9.90 Å². The van der Waals surface area contributed by atoms with Gasteiger partial charge in [0.2, 0.25) is 5.95 Å². The van der Waals surface area contributed by atoms with Gasteiger partial charge in [0.1, 0.15) is 0 Å². The van der Waals surface area contributed by atoms with Crippen LogP contribution in [0.15, 0.2) is 42.7 Å². The minimum absolute atomic E-state index is 0.0890. The lowest BCUT2D eigenvalue weighted by Crippen LogP contribution is -2.30. The molecule has 0 saturated heterocycles. The van der Waals surface area contributed by atoms with E-state index in [1.807, 2.05) is 31.2 Å². The van der Waals surface area contributed by atoms with Crippen LogP contribution in [0.5, 0.6) is 5.75 Å². The van der Waals surface area contributed by atoms with Crippen molar-refractivity contribution in [3.05, 3.63) is 64.6 Å². The van der Waals surface area contributed by atoms with Crippen LogP contribution >= 0.6 is 11.6 Å². The van der Waals surface area contributed by atoms with Gasteiger partial charge in [-0.3, -0.25) is 4.79 Å². The van der Waals surface area contributed by atoms with Gasteiger partial charge >= 0.3 is 5.97 Å². The Balaban J connectivity index is 0.000000967. The molecular weight excluding hydrogens is 480 g/mol. The Labute approximate surface area is 214 Å². The van der Waals surface area contributed by atoms with E-state index in [2.05, 4.69) is 32.4 Å². The summed E-state index contributed by atoms with van der Waals surface area (Å²) in [5, 5.41) is 19.0. The molecule has 8 nitrogen and oxygen atoms in total. The molecule has 3 heterocycles. The smallest absolute Gasteiger partial charge is 0.307 e. The van der Waals surface area contributed by atoms with E-state index in [0.29, 0.717) is 23.3 Å². The van der Waals surface area contributed by atoms with Crippen molar-refractivity contribution in [2.45, 2.75) is 33.7 Å². The fraction of sp³-hybridized carbons (Fsp3) is 0.296. The number of methoxy groups -OCH3 is 1. The molecule has 36 heavy (non-hydrogen) atoms. The summed E-state index contributed by atoms with van der Waals surface area (Å²) in [4.78, 5) is 23.0. The quantitative estimate of drug-likeness (QED) is 0.384. The molecule has 2 aromatic heterocycles. The number of halogens is 1. The van der Waals surface area contributed by atoms with Crippen LogP contribution < -0.4 is 9.64 Å². The predicted molar refractivity (Wildman–Crippen MR) is 142 cm³/mol. The molecule has 0 unspecified atom stereocenters. The van der Waals surface area contributed by atoms with Crippen LogP contribution in [0.4, 0.5) is 11.6 Å². The van der Waals surface area contributed by atoms with Crippen molar-refractivity contribution in [2.75, 3.05) is 25.2 Å². The number of aryl methyl sites for hydroxylation is 1. The first-order chi connectivity index (χ1) is 17.3. The number of aromatic nitrogens is 3. The summed E-state index contributed by atoms with van der Waals surface area (Å²) in [6, 6.07) is 9.72. The van der Waals surface area contributed by atoms with Crippen molar-refractivity contribution in [1.29, 1.82) is 0 Å². The molecule has 188 valence electrons. The number of anilines is 2. The Hall–Kier alpha value is -3.62. The summed E-state index contributed by atoms with van der Waals surface area (Å²) < 4.78 is 7.50. The largest absolute Gasteiger partial charge is 0.494 e. The lowest BCUT2D eigenvalue weighted by Gasteiger charge is -2.32. The van der Waals surface area contributed by atoms with E-state index >= 15 is 0 Å². The number of aliphatic hydroxyl groups is 1. The summed E-state index contributed by atoms with van der Waals surface area (Å²) in [7, 11) is 1.58. The van der Waals surface area contributed by atoms with Gasteiger partial charge in [-0.05, 0) is 61.2 Å². The average Bonchev–Trinajstić information content (AvgIpc) is 3.20. The molecule has 0 aliphatic carbocycles. The highest BCUT2D eigenvalue weighted by Crippen LogP contribution is 2.46. The van der Waals surface area contributed by atoms with E-state index in [1.165, 1.54) is 0 Å². The molecule has 0 radical (unpaired) electrons. The maximum Gasteiger partial charge on any atom is 0.307 e. The van der Waals surface area contributed by atoms with Crippen molar-refractivity contribution in [3.63, 3.8) is 0 Å². The summed E-state index contributed by atoms with van der Waals surface area (Å²) in [6.45, 7) is 7.45. The summed E-state index contributed by atoms with van der Waals surface area (Å²) in [5.41, 5.74) is 6.71. The number of ether oxygens (including phenoxy) is 1. The van der Waals surface area contributed by atoms with Gasteiger partial charge in [-0.2, -0.15) is 0 Å². The van der Waals surface area contributed by atoms with E-state index in [0.717, 1.165) is 51.1 Å². The minimum Gasteiger partial charge on any atom is -0.494 e. The molecular formula is C27H29ClN4O4. The fourth-order valence-electron chi connectivity index (χ4n) is 4.80. The number of hydrogen-bond donors (Lipinski definition) is 2. The van der Waals surface area contributed by atoms with Gasteiger partial charge in [0.05, 0.1) is 37.1 Å². The zero-order valence-corrected chi connectivity index (χ0v) is 21.5. The van der Waals surface area contributed by atoms with Crippen LogP contribution in [0.25, 0.3) is 22.0 Å². The highest BCUT2D eigenvalue weighted by Gasteiger charge is 2.30. The SMILES string of the molecule is CCO.COc1cnc(N2CCn3c(C)cc4c(-c5ccc(Cl)cc5)c(CC(=O)O)c(C)c2c43)nc1. The monoisotopic (exact) mass is 508 g/mol. The molecule has 2 aromatic carbocycles. The first-order valence-corrected chi connectivity index (χ1v) is 12.1. The van der Waals surface area contributed by atoms with E-state index < -0.39 is 5.97 Å². The topological polar surface area (TPSA) is 101 Å². The Kier molecular flexibility index (Phi) is 7.47. The third-order valence-corrected chi connectivity index (χ3v) is 6.53. The second-order valence-corrected chi connectivity index (χ2v) is 8.93. The maximum absolute atomic E-state index is 11.9. The molecule has 9 heteroatoms. The standard InChI is InChI=1S/C25H23ClN4O3.C2H6O/c1-14-10-20-22(16-4-6-17(26)7-5-16)19(11-21(31)32)15(2)23-24(20)29(14)8-9-30(23)25-27-12-18(33-3)13-28-25;1-2-3/h4-7,10,12-13H,8-9,11H2,1-3H3,(H,31,32);3H,2H2,1H3. The number of carboxylic acids is 1. The molecule has 0 saturated carbocycles. The Morgan fingerprint density at radius 2 is 1.78 bits per heavy atom. The number of carbonyl (C=O) groups is 1. The first kappa shape index (κ1) is 25.5. The molecule has 0 spiro atoms. The van der Waals surface area contributed by atoms with Gasteiger partial charge in [-0.15, -0.1) is 0 Å². The number of carboxylic acid groups (broad SMARTS) is 1. The molecule has 5 rings (SSSR count). The third-order valence-electron chi connectivity index (χ3n) is 6.28. The predicted octanol–water partition coefficient (Wildman–Crippen LogP) is 5.15. The van der Waals surface area contributed by atoms with Crippen LogP contribution in [0.1, 0.15) is 23.7 Å². The zero-order valence-electron chi connectivity index (χ0n) is 20.7. The fourth-order valence-corrected chi connectivity index (χ4v) is 4.92. The van der Waals surface area contributed by atoms with Gasteiger partial charge in [-0.25, -0.2) is 9.97 Å². The third kappa shape index (κ3) is 4.62. The number of aliphatic carboxylic acids is 1. The van der Waals surface area contributed by atoms with Crippen LogP contribution in [0.2, 0.25) is 5.02 Å². The van der Waals surface area contributed by atoms with Crippen molar-refractivity contribution >= 4 is 40.1 Å². The minimum atomic E-state index is -0.876. The molecule has 4 aromatic rings. The van der Waals surface area contributed by atoms with Crippen molar-refractivity contribution in [1.82, 2.24) is 14.5 Å². The van der Waals surface area contributed by atoms with Crippen molar-refractivity contribution < 1.29 is 19.7 Å². The number of rotatable bonds is 5. The summed E-state index contributed by atoms with van der Waals surface area (Å²) >= 11 is 6.14. The molecule has 1 aliphatic heterocycles. The number of aliphatic hydroxyl groups excluding tert-OH is 1. The van der Waals surface area contributed by atoms with E-state index in [4.69, 9.17) is 21.4 Å². The van der Waals surface area contributed by atoms with Gasteiger partial charge in [0.15, 0.2) is 5.75 Å². The van der Waals surface area contributed by atoms with Gasteiger partial charge in [-0.1, -0.05) is 23.7 Å². The molecule has 1 aliphatic rings. The van der Waals surface area contributed by atoms with Crippen LogP contribution in [0.3, 0.4) is 0 Å². The van der Waals surface area contributed by atoms with Crippen molar-refractivity contribution in [2.24, 2.45) is 0 Å². The van der Waals surface area contributed by atoms with Crippen LogP contribution in [-0.4, -0.2) is 51.0 Å². The van der Waals surface area contributed by atoms with Gasteiger partial charge in [0, 0.05) is 35.8 Å². The average molecular weight is 509 g/mol.